The normalized spacial score (nSPS) is 32.8. The molecule has 23 nitrogen and oxygen atoms in total. The van der Waals surface area contributed by atoms with Crippen molar-refractivity contribution in [1.82, 2.24) is 19.9 Å². The average Bonchev–Trinajstić information content (AvgIpc) is 3.66. The molecule has 2 aromatic rings. The van der Waals surface area contributed by atoms with Gasteiger partial charge in [-0.25, -0.2) is 19.1 Å². The summed E-state index contributed by atoms with van der Waals surface area (Å²) < 4.78 is 74.6. The van der Waals surface area contributed by atoms with Crippen LogP contribution in [0.2, 0.25) is 0 Å². The molecule has 3 fully saturated rings. The van der Waals surface area contributed by atoms with E-state index in [1.54, 1.807) is 19.0 Å². The number of aliphatic hydroxyl groups is 2. The summed E-state index contributed by atoms with van der Waals surface area (Å²) in [6.07, 6.45) is -7.59. The summed E-state index contributed by atoms with van der Waals surface area (Å²) in [6.45, 7) is -2.15. The molecule has 2 aromatic heterocycles. The summed E-state index contributed by atoms with van der Waals surface area (Å²) in [5, 5.41) is 22.6. The van der Waals surface area contributed by atoms with Crippen molar-refractivity contribution in [2.45, 2.75) is 82.4 Å². The van der Waals surface area contributed by atoms with Gasteiger partial charge >= 0.3 is 38.5 Å². The minimum Gasteiger partial charge on any atom is -0.462 e. The Morgan fingerprint density at radius 2 is 1.76 bits per heavy atom. The van der Waals surface area contributed by atoms with Crippen molar-refractivity contribution in [3.63, 3.8) is 0 Å². The van der Waals surface area contributed by atoms with Gasteiger partial charge < -0.3 is 59.1 Å². The third-order valence-electron chi connectivity index (χ3n) is 8.99. The predicted molar refractivity (Wildman–Crippen MR) is 184 cm³/mol. The second-order valence-electron chi connectivity index (χ2n) is 13.1. The summed E-state index contributed by atoms with van der Waals surface area (Å²) in [5.41, 5.74) is 7.15. The van der Waals surface area contributed by atoms with Gasteiger partial charge in [0.1, 0.15) is 61.0 Å². The maximum Gasteiger partial charge on any atom is 0.482 e. The minimum absolute atomic E-state index is 0.164. The largest absolute Gasteiger partial charge is 0.482 e. The van der Waals surface area contributed by atoms with Gasteiger partial charge in [0.05, 0.1) is 24.1 Å². The van der Waals surface area contributed by atoms with Gasteiger partial charge in [-0.15, -0.1) is 0 Å². The zero-order chi connectivity index (χ0) is 40.8. The van der Waals surface area contributed by atoms with Gasteiger partial charge in [0.2, 0.25) is 5.79 Å². The Morgan fingerprint density at radius 1 is 1.07 bits per heavy atom. The molecule has 0 spiro atoms. The first-order chi connectivity index (χ1) is 25.6. The van der Waals surface area contributed by atoms with E-state index in [0.29, 0.717) is 16.6 Å². The van der Waals surface area contributed by atoms with Crippen LogP contribution in [0.1, 0.15) is 39.4 Å². The van der Waals surface area contributed by atoms with Crippen LogP contribution in [0.15, 0.2) is 12.5 Å². The first kappa shape index (κ1) is 42.9. The fourth-order valence-electron chi connectivity index (χ4n) is 7.15. The van der Waals surface area contributed by atoms with Gasteiger partial charge in [-0.2, -0.15) is 4.31 Å². The number of anilines is 1. The Hall–Kier alpha value is -3.25. The highest BCUT2D eigenvalue weighted by atomic mass is 32.7. The number of thiol groups is 1. The average molecular weight is 842 g/mol. The van der Waals surface area contributed by atoms with Gasteiger partial charge in [0, 0.05) is 39.5 Å². The molecule has 8 unspecified atom stereocenters. The van der Waals surface area contributed by atoms with Crippen molar-refractivity contribution in [2.75, 3.05) is 33.0 Å². The predicted octanol–water partition coefficient (Wildman–Crippen LogP) is 0.108. The number of ether oxygens (including phenoxy) is 6. The number of carbonyl (C=O) groups is 4. The molecular weight excluding hydrogens is 800 g/mol. The molecule has 0 aromatic carbocycles. The van der Waals surface area contributed by atoms with E-state index >= 15 is 0 Å². The Kier molecular flexibility index (Phi) is 12.7. The summed E-state index contributed by atoms with van der Waals surface area (Å²) >= 11 is 3.82. The van der Waals surface area contributed by atoms with E-state index in [-0.39, 0.29) is 5.82 Å². The van der Waals surface area contributed by atoms with E-state index in [0.717, 1.165) is 27.7 Å². The van der Waals surface area contributed by atoms with Crippen LogP contribution in [-0.4, -0.2) is 135 Å². The highest BCUT2D eigenvalue weighted by Crippen LogP contribution is 2.68. The molecule has 0 amide bonds. The maximum atomic E-state index is 13.4. The van der Waals surface area contributed by atoms with Gasteiger partial charge in [-0.05, 0) is 14.1 Å². The van der Waals surface area contributed by atoms with Crippen LogP contribution in [-0.2, 0) is 70.1 Å². The SMILES string of the molecule is CC(=O)OC[C@H](OC(C)=O)C1C(O)C(OC(C)=O)C2C(OP(=O)(O)OP(=O)(S)OC[C@H]3O[C@@H](c4c[nH]c5c(N)ncnc45)[C@H](O)[C@@H]3N(C)C)OC21OC(C)=O. The summed E-state index contributed by atoms with van der Waals surface area (Å²) in [7, 11) is -2.27. The molecule has 13 atom stereocenters. The molecule has 5 rings (SSSR count). The van der Waals surface area contributed by atoms with Crippen LogP contribution in [0.4, 0.5) is 5.82 Å². The first-order valence-electron chi connectivity index (χ1n) is 16.4. The maximum absolute atomic E-state index is 13.4. The summed E-state index contributed by atoms with van der Waals surface area (Å²) in [5.74, 6) is -9.15. The van der Waals surface area contributed by atoms with Gasteiger partial charge in [0.25, 0.3) is 0 Å². The van der Waals surface area contributed by atoms with Crippen LogP contribution >= 0.6 is 26.9 Å². The Labute approximate surface area is 317 Å². The fourth-order valence-corrected chi connectivity index (χ4v) is 10.3. The molecule has 4 heterocycles. The number of phosphoric acid groups is 1. The lowest BCUT2D eigenvalue weighted by atomic mass is 9.85. The fraction of sp³-hybridized carbons (Fsp3) is 0.655. The van der Waals surface area contributed by atoms with Crippen LogP contribution in [0.3, 0.4) is 0 Å². The van der Waals surface area contributed by atoms with Crippen LogP contribution in [0.25, 0.3) is 11.0 Å². The molecule has 2 aliphatic heterocycles. The Balaban J connectivity index is 1.33. The number of H-pyrrole nitrogens is 1. The highest BCUT2D eigenvalue weighted by molar-refractivity contribution is 8.45. The van der Waals surface area contributed by atoms with E-state index in [1.165, 1.54) is 12.5 Å². The lowest BCUT2D eigenvalue weighted by Gasteiger charge is -2.52. The third kappa shape index (κ3) is 9.00. The lowest BCUT2D eigenvalue weighted by Crippen LogP contribution is -2.67. The zero-order valence-corrected chi connectivity index (χ0v) is 32.8. The van der Waals surface area contributed by atoms with Crippen molar-refractivity contribution >= 4 is 67.6 Å². The van der Waals surface area contributed by atoms with E-state index in [2.05, 4.69) is 27.2 Å². The van der Waals surface area contributed by atoms with Gasteiger partial charge in [0.15, 0.2) is 12.1 Å². The standard InChI is InChI=1S/C29H41N5O18P2S/c1-11(35)44-8-16(46-12(2)36)18-23(39)26(47-13(3)37)19-28(50-29(18,19)49-14(4)38)51-53(41,42)52-54(43,55)45-9-17-22(34(5)6)24(40)25(48-17)15-7-31-21-20(15)32-10-33-27(21)30/h7,10,16-19,22-26,28,31,39-40H,8-9H2,1-6H3,(H,41,42)(H,43,55)(H2,30,32,33)/t16-,17+,18?,19?,22+,23?,24+,25-,26?,28?,29?,54?/m0/s1. The minimum atomic E-state index is -5.55. The number of aliphatic hydroxyl groups excluding tert-OH is 2. The van der Waals surface area contributed by atoms with Crippen molar-refractivity contribution in [3.05, 3.63) is 18.1 Å². The second-order valence-corrected chi connectivity index (χ2v) is 17.5. The molecular formula is C29H41N5O18P2S. The number of nitrogens with one attached hydrogen (secondary N) is 1. The number of carbonyl (C=O) groups excluding carboxylic acids is 4. The zero-order valence-electron chi connectivity index (χ0n) is 30.1. The summed E-state index contributed by atoms with van der Waals surface area (Å²) in [6, 6.07) is -0.783. The van der Waals surface area contributed by atoms with Crippen molar-refractivity contribution in [1.29, 1.82) is 0 Å². The molecule has 55 heavy (non-hydrogen) atoms. The molecule has 0 bridgehead atoms. The van der Waals surface area contributed by atoms with Crippen LogP contribution in [0.5, 0.6) is 0 Å². The number of aromatic amines is 1. The number of aromatic nitrogens is 3. The first-order valence-corrected chi connectivity index (χ1v) is 20.6. The number of phosphoric ester groups is 1. The van der Waals surface area contributed by atoms with Crippen LogP contribution in [0, 0.1) is 11.8 Å². The number of hydrogen-bond acceptors (Lipinski definition) is 21. The molecule has 1 aliphatic carbocycles. The number of likely N-dealkylation sites (N-methyl/N-ethyl adjacent to an activating group) is 1. The quantitative estimate of drug-likeness (QED) is 0.0600. The molecule has 26 heteroatoms. The number of esters is 4. The van der Waals surface area contributed by atoms with E-state index in [1.807, 2.05) is 0 Å². The number of nitrogens with zero attached hydrogens (tertiary/aromatic N) is 3. The Bertz CT molecular complexity index is 1900. The number of hydrogen-bond donors (Lipinski definition) is 6. The molecule has 6 N–H and O–H groups in total. The number of nitrogen functional groups attached to an aromatic ring is 1. The van der Waals surface area contributed by atoms with Crippen molar-refractivity contribution in [2.24, 2.45) is 11.8 Å². The number of nitrogens with two attached hydrogens (primary N) is 1. The molecule has 0 radical (unpaired) electrons. The number of rotatable bonds is 15. The highest BCUT2D eigenvalue weighted by Gasteiger charge is 2.78. The van der Waals surface area contributed by atoms with Gasteiger partial charge in [-0.3, -0.25) is 28.2 Å². The smallest absolute Gasteiger partial charge is 0.462 e. The summed E-state index contributed by atoms with van der Waals surface area (Å²) in [4.78, 5) is 71.5. The molecule has 2 saturated heterocycles. The topological polar surface area (TPSA) is 317 Å². The van der Waals surface area contributed by atoms with Crippen LogP contribution < -0.4 is 5.73 Å². The van der Waals surface area contributed by atoms with E-state index in [9.17, 15) is 43.4 Å². The molecule has 3 aliphatic rings. The molecule has 306 valence electrons. The van der Waals surface area contributed by atoms with E-state index < -0.39 is 118 Å². The van der Waals surface area contributed by atoms with Gasteiger partial charge in [-0.1, -0.05) is 12.2 Å². The monoisotopic (exact) mass is 841 g/mol. The number of fused-ring (bicyclic) bond motifs is 2. The Morgan fingerprint density at radius 3 is 2.36 bits per heavy atom. The second kappa shape index (κ2) is 16.3. The van der Waals surface area contributed by atoms with Crippen molar-refractivity contribution < 1.29 is 85.2 Å². The third-order valence-corrected chi connectivity index (χ3v) is 12.6. The lowest BCUT2D eigenvalue weighted by molar-refractivity contribution is -0.426. The molecule has 1 saturated carbocycles. The van der Waals surface area contributed by atoms with Crippen molar-refractivity contribution in [3.8, 4) is 0 Å². The van der Waals surface area contributed by atoms with E-state index in [4.69, 9.17) is 47.5 Å².